The summed E-state index contributed by atoms with van der Waals surface area (Å²) in [6, 6.07) is 9.09. The minimum Gasteiger partial charge on any atom is -0.507 e. The van der Waals surface area contributed by atoms with Crippen LogP contribution in [-0.4, -0.2) is 131 Å². The van der Waals surface area contributed by atoms with Crippen LogP contribution in [0.1, 0.15) is 99.7 Å². The lowest BCUT2D eigenvalue weighted by atomic mass is 9.85. The summed E-state index contributed by atoms with van der Waals surface area (Å²) in [5, 5.41) is 36.5. The van der Waals surface area contributed by atoms with Gasteiger partial charge in [0.1, 0.15) is 29.5 Å². The van der Waals surface area contributed by atoms with E-state index >= 15 is 0 Å². The van der Waals surface area contributed by atoms with Crippen molar-refractivity contribution in [2.45, 2.75) is 109 Å². The standard InChI is InChI=1S/C51H59F2N11O5/c1-6-35-38(52)21-30(22-39(35)53)25-54-47(67)42-23-34(65)28-64(42)48(68)45(51(3,4)5)58-50(69)62-18-13-33(14-19-62)61-16-11-31(12-17-61)32-26-55-49(56-27-32)63-20-15-40-44(29(63)2)37-24-41(59-60-46(37)57-40)36-9-7-8-10-43(36)66/h1,7-10,21-22,24,26-27,29,31,33-34,42,45,65-66H,11-20,23,25,28H2,2-5H3,(H,54,67)(H,57,60)(H,58,69)/t29-,34-,42+,45-/m1/s1. The van der Waals surface area contributed by atoms with Crippen LogP contribution in [0.2, 0.25) is 0 Å². The largest absolute Gasteiger partial charge is 0.507 e. The molecule has 4 amide bonds. The molecule has 7 heterocycles. The van der Waals surface area contributed by atoms with Crippen LogP contribution in [0, 0.1) is 29.4 Å². The van der Waals surface area contributed by atoms with Crippen molar-refractivity contribution in [1.82, 2.24) is 50.5 Å². The van der Waals surface area contributed by atoms with Crippen molar-refractivity contribution in [2.24, 2.45) is 5.41 Å². The van der Waals surface area contributed by atoms with Gasteiger partial charge in [-0.3, -0.25) is 9.59 Å². The summed E-state index contributed by atoms with van der Waals surface area (Å²) in [5.41, 5.74) is 4.25. The van der Waals surface area contributed by atoms with E-state index in [0.717, 1.165) is 91.7 Å². The summed E-state index contributed by atoms with van der Waals surface area (Å²) in [6.07, 6.45) is 12.4. The average molecular weight is 944 g/mol. The van der Waals surface area contributed by atoms with Gasteiger partial charge in [-0.1, -0.05) is 38.8 Å². The molecule has 0 radical (unpaired) electrons. The second-order valence-corrected chi connectivity index (χ2v) is 19.9. The number of likely N-dealkylation sites (tertiary alicyclic amines) is 3. The van der Waals surface area contributed by atoms with Crippen LogP contribution in [0.15, 0.2) is 54.9 Å². The van der Waals surface area contributed by atoms with Gasteiger partial charge in [-0.25, -0.2) is 23.5 Å². The molecule has 0 bridgehead atoms. The van der Waals surface area contributed by atoms with E-state index in [1.165, 1.54) is 4.90 Å². The zero-order valence-corrected chi connectivity index (χ0v) is 39.4. The Balaban J connectivity index is 0.761. The second kappa shape index (κ2) is 19.4. The van der Waals surface area contributed by atoms with E-state index in [-0.39, 0.29) is 42.9 Å². The molecule has 3 aromatic heterocycles. The number of H-pyrrole nitrogens is 1. The maximum atomic E-state index is 14.3. The van der Waals surface area contributed by atoms with Crippen LogP contribution < -0.4 is 15.5 Å². The number of aliphatic hydroxyl groups is 1. The number of amides is 4. The number of anilines is 1. The first kappa shape index (κ1) is 47.4. The van der Waals surface area contributed by atoms with E-state index in [2.05, 4.69) is 42.5 Å². The number of aromatic amines is 1. The molecule has 5 N–H and O–H groups in total. The molecular formula is C51H59F2N11O5. The van der Waals surface area contributed by atoms with Crippen molar-refractivity contribution in [3.05, 3.63) is 94.4 Å². The predicted molar refractivity (Wildman–Crippen MR) is 255 cm³/mol. The maximum Gasteiger partial charge on any atom is 0.318 e. The van der Waals surface area contributed by atoms with Gasteiger partial charge in [0.2, 0.25) is 17.8 Å². The maximum absolute atomic E-state index is 14.3. The topological polar surface area (TPSA) is 196 Å². The van der Waals surface area contributed by atoms with Crippen LogP contribution in [0.25, 0.3) is 22.3 Å². The lowest BCUT2D eigenvalue weighted by Gasteiger charge is -2.42. The van der Waals surface area contributed by atoms with Crippen LogP contribution in [0.5, 0.6) is 5.75 Å². The minimum absolute atomic E-state index is 0.0161. The number of aromatic hydroxyl groups is 1. The van der Waals surface area contributed by atoms with Gasteiger partial charge in [0.05, 0.1) is 23.4 Å². The van der Waals surface area contributed by atoms with Gasteiger partial charge < -0.3 is 45.4 Å². The van der Waals surface area contributed by atoms with Crippen molar-refractivity contribution in [3.8, 4) is 29.4 Å². The Hall–Kier alpha value is -6.71. The van der Waals surface area contributed by atoms with Crippen molar-refractivity contribution < 1.29 is 33.4 Å². The number of aromatic nitrogens is 5. The smallest absolute Gasteiger partial charge is 0.318 e. The van der Waals surface area contributed by atoms with Crippen molar-refractivity contribution >= 4 is 34.8 Å². The molecule has 0 unspecified atom stereocenters. The molecule has 18 heteroatoms. The number of urea groups is 1. The number of aliphatic hydroxyl groups excluding tert-OH is 1. The third-order valence-electron chi connectivity index (χ3n) is 14.5. The van der Waals surface area contributed by atoms with Crippen LogP contribution >= 0.6 is 0 Å². The quantitative estimate of drug-likeness (QED) is 0.116. The third-order valence-corrected chi connectivity index (χ3v) is 14.5. The number of para-hydroxylation sites is 1. The second-order valence-electron chi connectivity index (χ2n) is 19.9. The molecule has 0 spiro atoms. The zero-order valence-electron chi connectivity index (χ0n) is 39.4. The van der Waals surface area contributed by atoms with Crippen LogP contribution in [-0.2, 0) is 22.6 Å². The molecule has 2 aromatic carbocycles. The van der Waals surface area contributed by atoms with E-state index in [1.807, 2.05) is 57.3 Å². The molecule has 362 valence electrons. The van der Waals surface area contributed by atoms with Crippen molar-refractivity contribution in [2.75, 3.05) is 44.2 Å². The fourth-order valence-corrected chi connectivity index (χ4v) is 10.6. The number of benzene rings is 2. The Bertz CT molecular complexity index is 2750. The first-order valence-electron chi connectivity index (χ1n) is 23.8. The van der Waals surface area contributed by atoms with Gasteiger partial charge >= 0.3 is 6.03 Å². The highest BCUT2D eigenvalue weighted by molar-refractivity contribution is 5.93. The third kappa shape index (κ3) is 9.67. The average Bonchev–Trinajstić information content (AvgIpc) is 3.93. The first-order valence-corrected chi connectivity index (χ1v) is 23.8. The normalized spacial score (nSPS) is 21.0. The number of fused-ring (bicyclic) bond motifs is 3. The van der Waals surface area contributed by atoms with Crippen molar-refractivity contribution in [3.63, 3.8) is 0 Å². The number of phenolic OH excluding ortho intramolecular Hbond substituents is 1. The minimum atomic E-state index is -1.05. The molecule has 3 fully saturated rings. The number of carbonyl (C=O) groups excluding carboxylic acids is 3. The molecular weight excluding hydrogens is 885 g/mol. The Morgan fingerprint density at radius 3 is 2.33 bits per heavy atom. The summed E-state index contributed by atoms with van der Waals surface area (Å²) >= 11 is 0. The number of hydrogen-bond acceptors (Lipinski definition) is 11. The first-order chi connectivity index (χ1) is 33.1. The van der Waals surface area contributed by atoms with Gasteiger partial charge in [-0.05, 0) is 98.5 Å². The van der Waals surface area contributed by atoms with Gasteiger partial charge in [-0.2, -0.15) is 0 Å². The SMILES string of the molecule is C#Cc1c(F)cc(CNC(=O)[C@@H]2C[C@@H](O)CN2C(=O)[C@@H](NC(=O)N2CCC(N3CCC(c4cnc(N5CCc6[nH]c7nnc(-c8ccccc8O)cc7c6[C@H]5C)nc4)CC3)CC2)C(C)(C)C)cc1F. The van der Waals surface area contributed by atoms with Gasteiger partial charge in [0, 0.05) is 86.2 Å². The zero-order chi connectivity index (χ0) is 48.7. The monoisotopic (exact) mass is 943 g/mol. The molecule has 9 rings (SSSR count). The Morgan fingerprint density at radius 1 is 0.971 bits per heavy atom. The van der Waals surface area contributed by atoms with Crippen LogP contribution in [0.3, 0.4) is 0 Å². The fraction of sp³-hybridized carbons (Fsp3) is 0.471. The number of carbonyl (C=O) groups is 3. The van der Waals surface area contributed by atoms with Crippen molar-refractivity contribution in [1.29, 1.82) is 0 Å². The predicted octanol–water partition coefficient (Wildman–Crippen LogP) is 5.55. The number of nitrogens with zero attached hydrogens (tertiary/aromatic N) is 8. The van der Waals surface area contributed by atoms with Gasteiger partial charge in [-0.15, -0.1) is 16.6 Å². The lowest BCUT2D eigenvalue weighted by Crippen LogP contribution is -2.60. The molecule has 16 nitrogen and oxygen atoms in total. The number of phenols is 1. The Morgan fingerprint density at radius 2 is 1.67 bits per heavy atom. The summed E-state index contributed by atoms with van der Waals surface area (Å²) in [7, 11) is 0. The van der Waals surface area contributed by atoms with E-state index in [0.29, 0.717) is 42.3 Å². The highest BCUT2D eigenvalue weighted by Gasteiger charge is 2.45. The number of terminal acetylenes is 1. The van der Waals surface area contributed by atoms with E-state index in [4.69, 9.17) is 16.4 Å². The number of halogens is 2. The fourth-order valence-electron chi connectivity index (χ4n) is 10.6. The number of piperidine rings is 2. The summed E-state index contributed by atoms with van der Waals surface area (Å²) in [4.78, 5) is 62.4. The molecule has 0 saturated carbocycles. The Kier molecular flexibility index (Phi) is 13.3. The molecule has 4 atom stereocenters. The van der Waals surface area contributed by atoms with Crippen LogP contribution in [0.4, 0.5) is 19.5 Å². The highest BCUT2D eigenvalue weighted by Crippen LogP contribution is 2.39. The molecule has 3 saturated heterocycles. The number of β-amino-alcohol motifs (C(OH)–C–C–N with tert-alkyl or cyclic N) is 1. The summed E-state index contributed by atoms with van der Waals surface area (Å²) in [6.45, 7) is 11.0. The molecule has 0 aliphatic carbocycles. The summed E-state index contributed by atoms with van der Waals surface area (Å²) < 4.78 is 28.6. The molecule has 69 heavy (non-hydrogen) atoms. The van der Waals surface area contributed by atoms with E-state index in [1.54, 1.807) is 17.0 Å². The molecule has 5 aromatic rings. The highest BCUT2D eigenvalue weighted by atomic mass is 19.1. The van der Waals surface area contributed by atoms with Gasteiger partial charge in [0.25, 0.3) is 0 Å². The van der Waals surface area contributed by atoms with E-state index < -0.39 is 52.6 Å². The number of hydrogen-bond donors (Lipinski definition) is 5. The summed E-state index contributed by atoms with van der Waals surface area (Å²) in [5.74, 6) is 0.202. The number of rotatable bonds is 9. The molecule has 4 aliphatic rings. The number of nitrogens with one attached hydrogen (secondary N) is 3. The van der Waals surface area contributed by atoms with Gasteiger partial charge in [0.15, 0.2) is 5.65 Å². The lowest BCUT2D eigenvalue weighted by molar-refractivity contribution is -0.142. The van der Waals surface area contributed by atoms with E-state index in [9.17, 15) is 33.4 Å². The Labute approximate surface area is 399 Å². The molecule has 4 aliphatic heterocycles.